The maximum Gasteiger partial charge on any atom is 0.209 e. The Bertz CT molecular complexity index is 674. The van der Waals surface area contributed by atoms with E-state index in [4.69, 9.17) is 4.98 Å². The number of aryl methyl sites for hydroxylation is 1. The van der Waals surface area contributed by atoms with Crippen LogP contribution < -0.4 is 5.32 Å². The third-order valence-corrected chi connectivity index (χ3v) is 3.31. The van der Waals surface area contributed by atoms with Crippen LogP contribution in [0.15, 0.2) is 24.4 Å². The Kier molecular flexibility index (Phi) is 4.59. The summed E-state index contributed by atoms with van der Waals surface area (Å²) in [5.41, 5.74) is 4.08. The van der Waals surface area contributed by atoms with E-state index in [1.807, 2.05) is 19.1 Å². The standard InChI is InChI=1S/C18H28N4/c1-12(2)11-22-16-15(9-8-13(3)19-16)21-17(22)20-14(4)10-18(5,6)7/h8-9,12H,4,10-11H2,1-3,5-7H3,(H,20,21). The molecule has 0 atom stereocenters. The fourth-order valence-corrected chi connectivity index (χ4v) is 2.57. The lowest BCUT2D eigenvalue weighted by molar-refractivity contribution is 0.410. The second-order valence-electron chi connectivity index (χ2n) is 7.70. The molecule has 4 nitrogen and oxygen atoms in total. The molecule has 120 valence electrons. The fourth-order valence-electron chi connectivity index (χ4n) is 2.57. The van der Waals surface area contributed by atoms with E-state index in [1.54, 1.807) is 0 Å². The Morgan fingerprint density at radius 1 is 1.27 bits per heavy atom. The Balaban J connectivity index is 2.37. The number of aromatic nitrogens is 3. The number of rotatable bonds is 5. The third kappa shape index (κ3) is 4.09. The van der Waals surface area contributed by atoms with Crippen molar-refractivity contribution in [2.75, 3.05) is 5.32 Å². The van der Waals surface area contributed by atoms with Crippen molar-refractivity contribution >= 4 is 17.1 Å². The molecule has 0 radical (unpaired) electrons. The Hall–Kier alpha value is -1.84. The molecule has 0 aliphatic rings. The molecule has 0 bridgehead atoms. The van der Waals surface area contributed by atoms with Crippen molar-refractivity contribution in [1.82, 2.24) is 14.5 Å². The van der Waals surface area contributed by atoms with Crippen molar-refractivity contribution in [2.24, 2.45) is 11.3 Å². The van der Waals surface area contributed by atoms with Crippen molar-refractivity contribution in [3.8, 4) is 0 Å². The molecule has 0 saturated carbocycles. The van der Waals surface area contributed by atoms with Crippen LogP contribution in [-0.4, -0.2) is 14.5 Å². The van der Waals surface area contributed by atoms with Gasteiger partial charge in [0, 0.05) is 17.9 Å². The van der Waals surface area contributed by atoms with Gasteiger partial charge in [-0.25, -0.2) is 9.97 Å². The van der Waals surface area contributed by atoms with Gasteiger partial charge in [-0.05, 0) is 36.8 Å². The monoisotopic (exact) mass is 300 g/mol. The summed E-state index contributed by atoms with van der Waals surface area (Å²) in [5.74, 6) is 1.37. The summed E-state index contributed by atoms with van der Waals surface area (Å²) in [6.07, 6.45) is 0.907. The number of nitrogens with zero attached hydrogens (tertiary/aromatic N) is 3. The molecule has 2 aromatic rings. The summed E-state index contributed by atoms with van der Waals surface area (Å²) in [4.78, 5) is 9.37. The van der Waals surface area contributed by atoms with E-state index in [-0.39, 0.29) is 5.41 Å². The van der Waals surface area contributed by atoms with Crippen LogP contribution in [0, 0.1) is 18.3 Å². The average Bonchev–Trinajstić information content (AvgIpc) is 2.64. The van der Waals surface area contributed by atoms with Gasteiger partial charge in [-0.15, -0.1) is 0 Å². The number of pyridine rings is 1. The molecule has 1 N–H and O–H groups in total. The number of hydrogen-bond donors (Lipinski definition) is 1. The first-order chi connectivity index (χ1) is 10.2. The zero-order valence-electron chi connectivity index (χ0n) is 14.7. The molecule has 0 aromatic carbocycles. The van der Waals surface area contributed by atoms with Crippen LogP contribution in [0.3, 0.4) is 0 Å². The van der Waals surface area contributed by atoms with Crippen molar-refractivity contribution in [1.29, 1.82) is 0 Å². The minimum Gasteiger partial charge on any atom is -0.330 e. The van der Waals surface area contributed by atoms with Crippen molar-refractivity contribution in [2.45, 2.75) is 54.5 Å². The Morgan fingerprint density at radius 3 is 2.55 bits per heavy atom. The van der Waals surface area contributed by atoms with Crippen molar-refractivity contribution < 1.29 is 0 Å². The molecule has 0 unspecified atom stereocenters. The summed E-state index contributed by atoms with van der Waals surface area (Å²) in [6.45, 7) is 18.1. The van der Waals surface area contributed by atoms with E-state index >= 15 is 0 Å². The van der Waals surface area contributed by atoms with Gasteiger partial charge in [0.15, 0.2) is 5.65 Å². The minimum atomic E-state index is 0.202. The van der Waals surface area contributed by atoms with Crippen molar-refractivity contribution in [3.63, 3.8) is 0 Å². The second-order valence-corrected chi connectivity index (χ2v) is 7.70. The first kappa shape index (κ1) is 16.5. The maximum absolute atomic E-state index is 4.71. The SMILES string of the molecule is C=C(CC(C)(C)C)Nc1nc2ccc(C)nc2n1CC(C)C. The van der Waals surface area contributed by atoms with Gasteiger partial charge in [0.05, 0.1) is 0 Å². The highest BCUT2D eigenvalue weighted by atomic mass is 15.2. The van der Waals surface area contributed by atoms with Crippen LogP contribution in [0.2, 0.25) is 0 Å². The molecule has 0 fully saturated rings. The average molecular weight is 300 g/mol. The smallest absolute Gasteiger partial charge is 0.209 e. The first-order valence-electron chi connectivity index (χ1n) is 7.94. The van der Waals surface area contributed by atoms with Gasteiger partial charge in [-0.2, -0.15) is 0 Å². The normalized spacial score (nSPS) is 12.1. The number of imidazole rings is 1. The summed E-state index contributed by atoms with van der Waals surface area (Å²) in [7, 11) is 0. The number of anilines is 1. The fraction of sp³-hybridized carbons (Fsp3) is 0.556. The van der Waals surface area contributed by atoms with Gasteiger partial charge in [-0.1, -0.05) is 41.2 Å². The molecular weight excluding hydrogens is 272 g/mol. The molecule has 2 rings (SSSR count). The predicted octanol–water partition coefficient (Wildman–Crippen LogP) is 4.76. The Labute approximate surface area is 133 Å². The van der Waals surface area contributed by atoms with E-state index in [9.17, 15) is 0 Å². The summed E-state index contributed by atoms with van der Waals surface area (Å²) >= 11 is 0. The maximum atomic E-state index is 4.71. The third-order valence-electron chi connectivity index (χ3n) is 3.31. The van der Waals surface area contributed by atoms with Crippen LogP contribution in [-0.2, 0) is 6.54 Å². The van der Waals surface area contributed by atoms with Crippen LogP contribution in [0.25, 0.3) is 11.2 Å². The van der Waals surface area contributed by atoms with E-state index in [1.165, 1.54) is 0 Å². The molecule has 0 aliphatic carbocycles. The van der Waals surface area contributed by atoms with Crippen LogP contribution in [0.4, 0.5) is 5.95 Å². The number of allylic oxidation sites excluding steroid dienone is 1. The van der Waals surface area contributed by atoms with Gasteiger partial charge >= 0.3 is 0 Å². The number of fused-ring (bicyclic) bond motifs is 1. The van der Waals surface area contributed by atoms with Gasteiger partial charge in [0.2, 0.25) is 5.95 Å². The predicted molar refractivity (Wildman–Crippen MR) is 93.9 cm³/mol. The molecule has 0 amide bonds. The Morgan fingerprint density at radius 2 is 1.95 bits per heavy atom. The van der Waals surface area contributed by atoms with E-state index < -0.39 is 0 Å². The van der Waals surface area contributed by atoms with E-state index in [2.05, 4.69) is 56.1 Å². The van der Waals surface area contributed by atoms with Crippen LogP contribution in [0.1, 0.15) is 46.7 Å². The van der Waals surface area contributed by atoms with E-state index in [0.717, 1.165) is 41.5 Å². The molecule has 2 aromatic heterocycles. The van der Waals surface area contributed by atoms with Gasteiger partial charge in [0.1, 0.15) is 5.52 Å². The molecule has 0 aliphatic heterocycles. The van der Waals surface area contributed by atoms with Crippen molar-refractivity contribution in [3.05, 3.63) is 30.1 Å². The highest BCUT2D eigenvalue weighted by molar-refractivity contribution is 5.75. The van der Waals surface area contributed by atoms with Gasteiger partial charge < -0.3 is 5.32 Å². The second kappa shape index (κ2) is 6.11. The lowest BCUT2D eigenvalue weighted by Gasteiger charge is -2.21. The molecule has 22 heavy (non-hydrogen) atoms. The summed E-state index contributed by atoms with van der Waals surface area (Å²) < 4.78 is 2.17. The summed E-state index contributed by atoms with van der Waals surface area (Å²) in [6, 6.07) is 4.04. The lowest BCUT2D eigenvalue weighted by Crippen LogP contribution is -2.14. The van der Waals surface area contributed by atoms with Crippen LogP contribution >= 0.6 is 0 Å². The highest BCUT2D eigenvalue weighted by Crippen LogP contribution is 2.26. The molecule has 4 heteroatoms. The largest absolute Gasteiger partial charge is 0.330 e. The summed E-state index contributed by atoms with van der Waals surface area (Å²) in [5, 5.41) is 3.40. The number of nitrogens with one attached hydrogen (secondary N) is 1. The molecular formula is C18H28N4. The topological polar surface area (TPSA) is 42.7 Å². The van der Waals surface area contributed by atoms with Gasteiger partial charge in [0.25, 0.3) is 0 Å². The first-order valence-corrected chi connectivity index (χ1v) is 7.94. The zero-order chi connectivity index (χ0) is 16.5. The zero-order valence-corrected chi connectivity index (χ0v) is 14.7. The highest BCUT2D eigenvalue weighted by Gasteiger charge is 2.16. The minimum absolute atomic E-state index is 0.202. The molecule has 2 heterocycles. The molecule has 0 spiro atoms. The van der Waals surface area contributed by atoms with Gasteiger partial charge in [-0.3, -0.25) is 4.57 Å². The number of hydrogen-bond acceptors (Lipinski definition) is 3. The molecule has 0 saturated heterocycles. The van der Waals surface area contributed by atoms with E-state index in [0.29, 0.717) is 5.92 Å². The quantitative estimate of drug-likeness (QED) is 0.866. The van der Waals surface area contributed by atoms with Crippen LogP contribution in [0.5, 0.6) is 0 Å². The lowest BCUT2D eigenvalue weighted by atomic mass is 9.91.